The maximum atomic E-state index is 13.6. The molecule has 4 heteroatoms. The van der Waals surface area contributed by atoms with Gasteiger partial charge in [0, 0.05) is 11.3 Å². The molecule has 2 N–H and O–H groups in total. The molecule has 0 spiro atoms. The van der Waals surface area contributed by atoms with Crippen molar-refractivity contribution in [2.75, 3.05) is 5.73 Å². The standard InChI is InChI=1S/C17H19F2NO/c1-10(2)14-8-16(20)11(3)6-17(14)21-9-12-7-13(18)4-5-15(12)19/h4-8,10H,9,20H2,1-3H3. The van der Waals surface area contributed by atoms with Gasteiger partial charge in [-0.1, -0.05) is 13.8 Å². The van der Waals surface area contributed by atoms with Crippen molar-refractivity contribution in [1.29, 1.82) is 0 Å². The normalized spacial score (nSPS) is 11.0. The zero-order chi connectivity index (χ0) is 15.6. The molecule has 0 atom stereocenters. The number of benzene rings is 2. The highest BCUT2D eigenvalue weighted by molar-refractivity contribution is 5.55. The van der Waals surface area contributed by atoms with Crippen molar-refractivity contribution < 1.29 is 13.5 Å². The van der Waals surface area contributed by atoms with Gasteiger partial charge in [-0.2, -0.15) is 0 Å². The Balaban J connectivity index is 2.27. The molecule has 0 aliphatic rings. The summed E-state index contributed by atoms with van der Waals surface area (Å²) in [5.41, 5.74) is 8.66. The van der Waals surface area contributed by atoms with Crippen molar-refractivity contribution in [3.63, 3.8) is 0 Å². The minimum absolute atomic E-state index is 0.0212. The summed E-state index contributed by atoms with van der Waals surface area (Å²) in [7, 11) is 0. The first-order valence-corrected chi connectivity index (χ1v) is 6.85. The average molecular weight is 291 g/mol. The van der Waals surface area contributed by atoms with Gasteiger partial charge in [0.15, 0.2) is 0 Å². The van der Waals surface area contributed by atoms with E-state index < -0.39 is 11.6 Å². The molecule has 112 valence electrons. The molecule has 0 saturated heterocycles. The van der Waals surface area contributed by atoms with Crippen molar-refractivity contribution in [2.24, 2.45) is 0 Å². The summed E-state index contributed by atoms with van der Waals surface area (Å²) in [4.78, 5) is 0. The zero-order valence-corrected chi connectivity index (χ0v) is 12.4. The van der Waals surface area contributed by atoms with Gasteiger partial charge in [-0.25, -0.2) is 8.78 Å². The van der Waals surface area contributed by atoms with E-state index in [2.05, 4.69) is 0 Å². The first kappa shape index (κ1) is 15.3. The lowest BCUT2D eigenvalue weighted by molar-refractivity contribution is 0.294. The minimum Gasteiger partial charge on any atom is -0.488 e. The van der Waals surface area contributed by atoms with Gasteiger partial charge < -0.3 is 10.5 Å². The Morgan fingerprint density at radius 3 is 2.52 bits per heavy atom. The molecule has 0 radical (unpaired) electrons. The molecule has 0 amide bonds. The summed E-state index contributed by atoms with van der Waals surface area (Å²) in [6.45, 7) is 5.92. The fourth-order valence-corrected chi connectivity index (χ4v) is 2.10. The van der Waals surface area contributed by atoms with Crippen LogP contribution in [0.3, 0.4) is 0 Å². The largest absolute Gasteiger partial charge is 0.488 e. The highest BCUT2D eigenvalue weighted by Crippen LogP contribution is 2.31. The van der Waals surface area contributed by atoms with E-state index >= 15 is 0 Å². The molecule has 0 unspecified atom stereocenters. The first-order valence-electron chi connectivity index (χ1n) is 6.85. The van der Waals surface area contributed by atoms with Gasteiger partial charge in [0.1, 0.15) is 24.0 Å². The quantitative estimate of drug-likeness (QED) is 0.838. The van der Waals surface area contributed by atoms with Crippen LogP contribution in [-0.4, -0.2) is 0 Å². The Kier molecular flexibility index (Phi) is 4.46. The lowest BCUT2D eigenvalue weighted by atomic mass is 9.99. The summed E-state index contributed by atoms with van der Waals surface area (Å²) in [6, 6.07) is 7.05. The summed E-state index contributed by atoms with van der Waals surface area (Å²) in [6.07, 6.45) is 0. The predicted octanol–water partition coefficient (Wildman–Crippen LogP) is 4.56. The molecule has 0 heterocycles. The maximum Gasteiger partial charge on any atom is 0.130 e. The number of hydrogen-bond acceptors (Lipinski definition) is 2. The van der Waals surface area contributed by atoms with E-state index in [4.69, 9.17) is 10.5 Å². The van der Waals surface area contributed by atoms with Crippen LogP contribution < -0.4 is 10.5 Å². The van der Waals surface area contributed by atoms with E-state index in [1.165, 1.54) is 0 Å². The van der Waals surface area contributed by atoms with Crippen LogP contribution in [0.1, 0.15) is 36.5 Å². The molecule has 2 nitrogen and oxygen atoms in total. The average Bonchev–Trinajstić information content (AvgIpc) is 2.42. The van der Waals surface area contributed by atoms with Gasteiger partial charge in [0.25, 0.3) is 0 Å². The fourth-order valence-electron chi connectivity index (χ4n) is 2.10. The van der Waals surface area contributed by atoms with Crippen LogP contribution in [0, 0.1) is 18.6 Å². The van der Waals surface area contributed by atoms with Crippen molar-refractivity contribution in [2.45, 2.75) is 33.3 Å². The third-order valence-electron chi connectivity index (χ3n) is 3.41. The van der Waals surface area contributed by atoms with Crippen molar-refractivity contribution >= 4 is 5.69 Å². The molecule has 0 aromatic heterocycles. The van der Waals surface area contributed by atoms with E-state index in [0.717, 1.165) is 29.3 Å². The highest BCUT2D eigenvalue weighted by Gasteiger charge is 2.12. The van der Waals surface area contributed by atoms with Crippen LogP contribution in [0.4, 0.5) is 14.5 Å². The summed E-state index contributed by atoms with van der Waals surface area (Å²) in [5.74, 6) is -0.0807. The Labute approximate surface area is 123 Å². The fraction of sp³-hybridized carbons (Fsp3) is 0.294. The van der Waals surface area contributed by atoms with E-state index in [0.29, 0.717) is 11.4 Å². The number of rotatable bonds is 4. The first-order chi connectivity index (χ1) is 9.88. The van der Waals surface area contributed by atoms with Gasteiger partial charge in [0.2, 0.25) is 0 Å². The molecule has 2 aromatic carbocycles. The highest BCUT2D eigenvalue weighted by atomic mass is 19.1. The van der Waals surface area contributed by atoms with Crippen molar-refractivity contribution in [3.05, 3.63) is 58.7 Å². The Morgan fingerprint density at radius 2 is 1.86 bits per heavy atom. The van der Waals surface area contributed by atoms with Gasteiger partial charge in [0.05, 0.1) is 0 Å². The van der Waals surface area contributed by atoms with Crippen LogP contribution in [0.25, 0.3) is 0 Å². The number of aryl methyl sites for hydroxylation is 1. The van der Waals surface area contributed by atoms with Crippen molar-refractivity contribution in [1.82, 2.24) is 0 Å². The van der Waals surface area contributed by atoms with Crippen molar-refractivity contribution in [3.8, 4) is 5.75 Å². The molecule has 21 heavy (non-hydrogen) atoms. The molecule has 0 saturated carbocycles. The molecule has 2 aromatic rings. The number of nitrogen functional groups attached to an aromatic ring is 1. The number of halogens is 2. The Bertz CT molecular complexity index is 653. The monoisotopic (exact) mass is 291 g/mol. The molecule has 0 fully saturated rings. The summed E-state index contributed by atoms with van der Waals surface area (Å²) >= 11 is 0. The van der Waals surface area contributed by atoms with Crippen LogP contribution in [-0.2, 0) is 6.61 Å². The zero-order valence-electron chi connectivity index (χ0n) is 12.4. The van der Waals surface area contributed by atoms with E-state index in [9.17, 15) is 8.78 Å². The molecule has 0 aliphatic carbocycles. The van der Waals surface area contributed by atoms with Crippen LogP contribution in [0.15, 0.2) is 30.3 Å². The Morgan fingerprint density at radius 1 is 1.14 bits per heavy atom. The molecule has 0 bridgehead atoms. The Hall–Kier alpha value is -2.10. The summed E-state index contributed by atoms with van der Waals surface area (Å²) in [5, 5.41) is 0. The molecular formula is C17H19F2NO. The lowest BCUT2D eigenvalue weighted by Gasteiger charge is -2.16. The van der Waals surface area contributed by atoms with Crippen LogP contribution >= 0.6 is 0 Å². The van der Waals surface area contributed by atoms with Crippen LogP contribution in [0.5, 0.6) is 5.75 Å². The number of nitrogens with two attached hydrogens (primary N) is 1. The smallest absolute Gasteiger partial charge is 0.130 e. The third kappa shape index (κ3) is 3.51. The molecule has 2 rings (SSSR count). The second-order valence-corrected chi connectivity index (χ2v) is 5.43. The number of hydrogen-bond donors (Lipinski definition) is 1. The van der Waals surface area contributed by atoms with E-state index in [1.54, 1.807) is 0 Å². The predicted molar refractivity (Wildman–Crippen MR) is 80.4 cm³/mol. The second kappa shape index (κ2) is 6.12. The van der Waals surface area contributed by atoms with Gasteiger partial charge in [-0.3, -0.25) is 0 Å². The SMILES string of the molecule is Cc1cc(OCc2cc(F)ccc2F)c(C(C)C)cc1N. The number of ether oxygens (including phenoxy) is 1. The van der Waals surface area contributed by atoms with Gasteiger partial charge in [-0.05, 0) is 54.3 Å². The molecular weight excluding hydrogens is 272 g/mol. The van der Waals surface area contributed by atoms with E-state index in [-0.39, 0.29) is 18.1 Å². The third-order valence-corrected chi connectivity index (χ3v) is 3.41. The van der Waals surface area contributed by atoms with Crippen LogP contribution in [0.2, 0.25) is 0 Å². The summed E-state index contributed by atoms with van der Waals surface area (Å²) < 4.78 is 32.5. The van der Waals surface area contributed by atoms with E-state index in [1.807, 2.05) is 32.9 Å². The van der Waals surface area contributed by atoms with Gasteiger partial charge in [-0.15, -0.1) is 0 Å². The lowest BCUT2D eigenvalue weighted by Crippen LogP contribution is -2.04. The minimum atomic E-state index is -0.479. The maximum absolute atomic E-state index is 13.6. The molecule has 0 aliphatic heterocycles. The second-order valence-electron chi connectivity index (χ2n) is 5.43. The topological polar surface area (TPSA) is 35.2 Å². The van der Waals surface area contributed by atoms with Gasteiger partial charge >= 0.3 is 0 Å². The number of anilines is 1.